The van der Waals surface area contributed by atoms with E-state index in [0.29, 0.717) is 11.7 Å². The molecule has 0 atom stereocenters. The van der Waals surface area contributed by atoms with E-state index in [-0.39, 0.29) is 0 Å². The maximum atomic E-state index is 5.29. The molecule has 6 nitrogen and oxygen atoms in total. The Labute approximate surface area is 136 Å². The molecule has 0 bridgehead atoms. The number of nitrogens with zero attached hydrogens (tertiary/aromatic N) is 4. The highest BCUT2D eigenvalue weighted by Gasteiger charge is 2.04. The normalized spacial score (nSPS) is 10.7. The molecule has 0 aliphatic rings. The van der Waals surface area contributed by atoms with Crippen LogP contribution in [0.15, 0.2) is 12.3 Å². The molecule has 2 rings (SSSR count). The molecule has 2 aromatic rings. The molecule has 7 heteroatoms. The van der Waals surface area contributed by atoms with Gasteiger partial charge >= 0.3 is 0 Å². The predicted octanol–water partition coefficient (Wildman–Crippen LogP) is 1.60. The summed E-state index contributed by atoms with van der Waals surface area (Å²) >= 11 is 5.29. The molecule has 0 aliphatic heterocycles. The van der Waals surface area contributed by atoms with Crippen LogP contribution in [0.2, 0.25) is 0 Å². The number of hydrogen-bond donors (Lipinski definition) is 2. The average molecular weight is 320 g/mol. The fraction of sp³-hybridized carbons (Fsp3) is 0.533. The first-order chi connectivity index (χ1) is 10.5. The van der Waals surface area contributed by atoms with E-state index in [1.54, 1.807) is 0 Å². The molecular weight excluding hydrogens is 296 g/mol. The summed E-state index contributed by atoms with van der Waals surface area (Å²) in [6.07, 6.45) is 2.85. The van der Waals surface area contributed by atoms with Crippen molar-refractivity contribution >= 4 is 17.3 Å². The van der Waals surface area contributed by atoms with E-state index < -0.39 is 0 Å². The van der Waals surface area contributed by atoms with Gasteiger partial charge < -0.3 is 10.6 Å². The number of aromatic nitrogens is 4. The Balaban J connectivity index is 1.66. The van der Waals surface area contributed by atoms with Gasteiger partial charge in [0.15, 0.2) is 5.11 Å². The first kappa shape index (κ1) is 16.5. The zero-order valence-electron chi connectivity index (χ0n) is 13.7. The van der Waals surface area contributed by atoms with Crippen LogP contribution in [0.5, 0.6) is 0 Å². The minimum Gasteiger partial charge on any atom is -0.363 e. The van der Waals surface area contributed by atoms with E-state index in [9.17, 15) is 0 Å². The molecule has 0 amide bonds. The van der Waals surface area contributed by atoms with Crippen LogP contribution in [0.25, 0.3) is 0 Å². The summed E-state index contributed by atoms with van der Waals surface area (Å²) in [6.45, 7) is 8.57. The number of aryl methyl sites for hydroxylation is 4. The molecule has 0 fully saturated rings. The number of hydrogen-bond acceptors (Lipinski definition) is 3. The lowest BCUT2D eigenvalue weighted by molar-refractivity contribution is 0.556. The minimum absolute atomic E-state index is 0.677. The first-order valence-electron chi connectivity index (χ1n) is 7.47. The lowest BCUT2D eigenvalue weighted by atomic mass is 10.2. The number of rotatable bonds is 6. The summed E-state index contributed by atoms with van der Waals surface area (Å²) in [5.41, 5.74) is 4.58. The van der Waals surface area contributed by atoms with Gasteiger partial charge in [-0.2, -0.15) is 10.2 Å². The van der Waals surface area contributed by atoms with Crippen LogP contribution in [0.3, 0.4) is 0 Å². The summed E-state index contributed by atoms with van der Waals surface area (Å²) in [5, 5.41) is 15.8. The van der Waals surface area contributed by atoms with Gasteiger partial charge in [0.25, 0.3) is 0 Å². The van der Waals surface area contributed by atoms with E-state index in [2.05, 4.69) is 40.7 Å². The van der Waals surface area contributed by atoms with Crippen LogP contribution < -0.4 is 10.6 Å². The van der Waals surface area contributed by atoms with Crippen molar-refractivity contribution in [3.63, 3.8) is 0 Å². The van der Waals surface area contributed by atoms with E-state index in [1.165, 1.54) is 5.69 Å². The quantitative estimate of drug-likeness (QED) is 0.625. The lowest BCUT2D eigenvalue weighted by Gasteiger charge is -2.10. The maximum Gasteiger partial charge on any atom is 0.166 e. The minimum atomic E-state index is 0.677. The van der Waals surface area contributed by atoms with Crippen molar-refractivity contribution < 1.29 is 0 Å². The van der Waals surface area contributed by atoms with Gasteiger partial charge in [-0.3, -0.25) is 9.36 Å². The second-order valence-electron chi connectivity index (χ2n) is 5.49. The van der Waals surface area contributed by atoms with Gasteiger partial charge in [-0.25, -0.2) is 0 Å². The van der Waals surface area contributed by atoms with Crippen molar-refractivity contribution in [2.45, 2.75) is 40.3 Å². The van der Waals surface area contributed by atoms with Gasteiger partial charge in [0.1, 0.15) is 0 Å². The Hall–Kier alpha value is -1.89. The molecule has 2 heterocycles. The largest absolute Gasteiger partial charge is 0.363 e. The van der Waals surface area contributed by atoms with Crippen molar-refractivity contribution in [1.82, 2.24) is 30.2 Å². The summed E-state index contributed by atoms with van der Waals surface area (Å²) in [6, 6.07) is 2.09. The van der Waals surface area contributed by atoms with E-state index in [0.717, 1.165) is 36.5 Å². The van der Waals surface area contributed by atoms with Gasteiger partial charge in [-0.15, -0.1) is 0 Å². The van der Waals surface area contributed by atoms with Crippen molar-refractivity contribution in [2.75, 3.05) is 6.54 Å². The second-order valence-corrected chi connectivity index (χ2v) is 5.90. The Morgan fingerprint density at radius 3 is 2.64 bits per heavy atom. The van der Waals surface area contributed by atoms with Crippen LogP contribution in [-0.4, -0.2) is 31.2 Å². The van der Waals surface area contributed by atoms with Crippen molar-refractivity contribution in [1.29, 1.82) is 0 Å². The Morgan fingerprint density at radius 2 is 2.05 bits per heavy atom. The lowest BCUT2D eigenvalue weighted by Crippen LogP contribution is -2.35. The van der Waals surface area contributed by atoms with Crippen LogP contribution in [-0.2, 0) is 20.1 Å². The van der Waals surface area contributed by atoms with Gasteiger partial charge in [-0.05, 0) is 45.5 Å². The predicted molar refractivity (Wildman–Crippen MR) is 91.7 cm³/mol. The molecular formula is C15H24N6S. The summed E-state index contributed by atoms with van der Waals surface area (Å²) in [4.78, 5) is 0. The highest BCUT2D eigenvalue weighted by molar-refractivity contribution is 7.80. The van der Waals surface area contributed by atoms with Gasteiger partial charge in [0, 0.05) is 43.6 Å². The first-order valence-corrected chi connectivity index (χ1v) is 7.88. The number of nitrogens with one attached hydrogen (secondary N) is 2. The van der Waals surface area contributed by atoms with Crippen LogP contribution in [0.4, 0.5) is 0 Å². The van der Waals surface area contributed by atoms with Gasteiger partial charge in [0.05, 0.1) is 11.9 Å². The zero-order chi connectivity index (χ0) is 16.1. The zero-order valence-corrected chi connectivity index (χ0v) is 14.5. The topological polar surface area (TPSA) is 59.7 Å². The van der Waals surface area contributed by atoms with E-state index >= 15 is 0 Å². The molecule has 0 aliphatic carbocycles. The molecule has 0 spiro atoms. The third kappa shape index (κ3) is 4.30. The summed E-state index contributed by atoms with van der Waals surface area (Å²) in [7, 11) is 1.94. The fourth-order valence-electron chi connectivity index (χ4n) is 2.29. The van der Waals surface area contributed by atoms with Crippen molar-refractivity contribution in [3.8, 4) is 0 Å². The molecule has 2 aromatic heterocycles. The SMILES string of the molecule is Cc1cc(C)n(CCCNC(=S)NCc2cnn(C)c2C)n1. The fourth-order valence-corrected chi connectivity index (χ4v) is 2.46. The Kier molecular flexibility index (Phi) is 5.54. The summed E-state index contributed by atoms with van der Waals surface area (Å²) < 4.78 is 3.90. The highest BCUT2D eigenvalue weighted by Crippen LogP contribution is 2.04. The molecule has 22 heavy (non-hydrogen) atoms. The standard InChI is InChI=1S/C15H24N6S/c1-11-8-12(2)21(19-11)7-5-6-16-15(22)17-9-14-10-18-20(4)13(14)3/h8,10H,5-7,9H2,1-4H3,(H2,16,17,22). The van der Waals surface area contributed by atoms with E-state index in [1.807, 2.05) is 29.5 Å². The number of thiocarbonyl (C=S) groups is 1. The third-order valence-electron chi connectivity index (χ3n) is 3.71. The smallest absolute Gasteiger partial charge is 0.166 e. The van der Waals surface area contributed by atoms with Gasteiger partial charge in [-0.1, -0.05) is 0 Å². The molecule has 0 radical (unpaired) electrons. The summed E-state index contributed by atoms with van der Waals surface area (Å²) in [5.74, 6) is 0. The van der Waals surface area contributed by atoms with Crippen LogP contribution >= 0.6 is 12.2 Å². The molecule has 0 aromatic carbocycles. The molecule has 2 N–H and O–H groups in total. The molecule has 0 saturated carbocycles. The second kappa shape index (κ2) is 7.40. The Bertz CT molecular complexity index is 642. The maximum absolute atomic E-state index is 5.29. The molecule has 0 saturated heterocycles. The third-order valence-corrected chi connectivity index (χ3v) is 4.00. The molecule has 120 valence electrons. The van der Waals surface area contributed by atoms with E-state index in [4.69, 9.17) is 12.2 Å². The molecule has 0 unspecified atom stereocenters. The van der Waals surface area contributed by atoms with Crippen LogP contribution in [0, 0.1) is 20.8 Å². The van der Waals surface area contributed by atoms with Gasteiger partial charge in [0.2, 0.25) is 0 Å². The van der Waals surface area contributed by atoms with Crippen molar-refractivity contribution in [2.24, 2.45) is 7.05 Å². The average Bonchev–Trinajstić information content (AvgIpc) is 2.96. The van der Waals surface area contributed by atoms with Crippen molar-refractivity contribution in [3.05, 3.63) is 34.9 Å². The monoisotopic (exact) mass is 320 g/mol. The highest BCUT2D eigenvalue weighted by atomic mass is 32.1. The van der Waals surface area contributed by atoms with Crippen LogP contribution in [0.1, 0.15) is 29.1 Å². The Morgan fingerprint density at radius 1 is 1.27 bits per heavy atom.